The minimum absolute atomic E-state index is 0.0274. The van der Waals surface area contributed by atoms with Crippen LogP contribution in [0, 0.1) is 25.6 Å². The number of hydrogen-bond donors (Lipinski definition) is 1. The number of amides is 2. The molecule has 0 spiro atoms. The number of nitro groups is 2. The van der Waals surface area contributed by atoms with Crippen LogP contribution in [0.4, 0.5) is 49.1 Å². The summed E-state index contributed by atoms with van der Waals surface area (Å²) in [5.41, 5.74) is -0.692. The van der Waals surface area contributed by atoms with Gasteiger partial charge in [-0.05, 0) is 72.5 Å². The summed E-state index contributed by atoms with van der Waals surface area (Å²) in [4.78, 5) is 53.5. The van der Waals surface area contributed by atoms with Crippen LogP contribution in [0.3, 0.4) is 0 Å². The number of alkyl halides is 6. The second-order valence-corrected chi connectivity index (χ2v) is 15.7. The minimum atomic E-state index is -4.40. The number of nitrogens with zero attached hydrogens (tertiary/aromatic N) is 6. The lowest BCUT2D eigenvalue weighted by Gasteiger charge is -2.36. The first-order chi connectivity index (χ1) is 29.0. The van der Waals surface area contributed by atoms with Crippen molar-refractivity contribution in [1.82, 2.24) is 9.80 Å². The summed E-state index contributed by atoms with van der Waals surface area (Å²) >= 11 is 0. The van der Waals surface area contributed by atoms with Gasteiger partial charge in [0.2, 0.25) is 0 Å². The number of halogens is 6. The highest BCUT2D eigenvalue weighted by Crippen LogP contribution is 2.33. The van der Waals surface area contributed by atoms with Gasteiger partial charge in [-0.1, -0.05) is 20.8 Å². The minimum Gasteiger partial charge on any atom is -0.507 e. The number of ether oxygens (including phenoxy) is 1. The molecule has 2 aliphatic heterocycles. The van der Waals surface area contributed by atoms with E-state index >= 15 is 0 Å². The molecule has 2 saturated heterocycles. The smallest absolute Gasteiger partial charge is 0.416 e. The largest absolute Gasteiger partial charge is 0.507 e. The Morgan fingerprint density at radius 1 is 0.613 bits per heavy atom. The summed E-state index contributed by atoms with van der Waals surface area (Å²) in [6, 6.07) is 16.9. The molecule has 0 unspecified atom stereocenters. The predicted octanol–water partition coefficient (Wildman–Crippen LogP) is 8.67. The van der Waals surface area contributed by atoms with Crippen molar-refractivity contribution in [2.45, 2.75) is 39.5 Å². The maximum Gasteiger partial charge on any atom is 0.416 e. The van der Waals surface area contributed by atoms with Crippen LogP contribution in [0.15, 0.2) is 84.9 Å². The summed E-state index contributed by atoms with van der Waals surface area (Å²) in [6.45, 7) is 9.34. The maximum absolute atomic E-state index is 13.2. The second-order valence-electron chi connectivity index (χ2n) is 15.7. The van der Waals surface area contributed by atoms with Crippen LogP contribution in [-0.4, -0.2) is 95.5 Å². The van der Waals surface area contributed by atoms with Gasteiger partial charge in [-0.2, -0.15) is 26.3 Å². The van der Waals surface area contributed by atoms with Crippen molar-refractivity contribution in [1.29, 1.82) is 0 Å². The highest BCUT2D eigenvalue weighted by Gasteiger charge is 2.33. The number of aromatic hydroxyl groups is 1. The topological polar surface area (TPSA) is 163 Å². The number of hydrogen-bond acceptors (Lipinski definition) is 10. The summed E-state index contributed by atoms with van der Waals surface area (Å²) in [7, 11) is 0. The highest BCUT2D eigenvalue weighted by molar-refractivity contribution is 5.98. The van der Waals surface area contributed by atoms with E-state index in [0.717, 1.165) is 48.9 Å². The van der Waals surface area contributed by atoms with Crippen LogP contribution in [0.5, 0.6) is 11.5 Å². The average Bonchev–Trinajstić information content (AvgIpc) is 3.22. The number of piperazine rings is 2. The Balaban J connectivity index is 0.000000238. The zero-order valence-electron chi connectivity index (χ0n) is 33.9. The molecule has 2 heterocycles. The monoisotopic (exact) mass is 874 g/mol. The molecular formula is C42H44F6N6O8. The first kappa shape index (κ1) is 46.5. The fourth-order valence-corrected chi connectivity index (χ4v) is 6.60. The fourth-order valence-electron chi connectivity index (χ4n) is 6.60. The molecule has 0 bridgehead atoms. The molecule has 332 valence electrons. The summed E-state index contributed by atoms with van der Waals surface area (Å²) in [5, 5.41) is 32.0. The molecule has 0 aliphatic carbocycles. The maximum atomic E-state index is 13.2. The molecular weight excluding hydrogens is 830 g/mol. The molecule has 4 aromatic rings. The lowest BCUT2D eigenvalue weighted by Crippen LogP contribution is -2.48. The molecule has 14 nitrogen and oxygen atoms in total. The SMILES string of the molecule is CC(C)(C)CCOc1ccc([N+](=O)[O-])cc1C(=O)N1CCN(c2ccc(C(F)(F)F)cc2)CC1.O=C(c1cc([N+](=O)[O-])ccc1O)N1CCN(c2ccc(C(F)(F)F)cc2)CC1. The van der Waals surface area contributed by atoms with Gasteiger partial charge in [-0.15, -0.1) is 0 Å². The van der Waals surface area contributed by atoms with E-state index in [9.17, 15) is 61.3 Å². The van der Waals surface area contributed by atoms with Crippen molar-refractivity contribution in [3.05, 3.63) is 127 Å². The highest BCUT2D eigenvalue weighted by atomic mass is 19.4. The number of nitro benzene ring substituents is 2. The predicted molar refractivity (Wildman–Crippen MR) is 217 cm³/mol. The van der Waals surface area contributed by atoms with Crippen LogP contribution in [0.25, 0.3) is 0 Å². The summed E-state index contributed by atoms with van der Waals surface area (Å²) in [6.07, 6.45) is -8.05. The Labute approximate surface area is 352 Å². The van der Waals surface area contributed by atoms with Crippen molar-refractivity contribution in [2.24, 2.45) is 5.41 Å². The van der Waals surface area contributed by atoms with Gasteiger partial charge in [0, 0.05) is 88.0 Å². The summed E-state index contributed by atoms with van der Waals surface area (Å²) < 4.78 is 82.2. The van der Waals surface area contributed by atoms with Crippen LogP contribution >= 0.6 is 0 Å². The van der Waals surface area contributed by atoms with E-state index in [0.29, 0.717) is 63.0 Å². The van der Waals surface area contributed by atoms with Gasteiger partial charge < -0.3 is 29.4 Å². The van der Waals surface area contributed by atoms with Gasteiger partial charge in [0.05, 0.1) is 38.7 Å². The van der Waals surface area contributed by atoms with E-state index in [1.165, 1.54) is 47.4 Å². The standard InChI is InChI=1S/C24H28F3N3O4.C18H16F3N3O4/c1-23(2,3)10-15-34-21-9-8-19(30(32)33)16-20(21)22(31)29-13-11-28(12-14-29)18-6-4-17(5-7-18)24(25,26)27;19-18(20,21)12-1-3-13(4-2-12)22-7-9-23(10-8-22)17(26)15-11-14(24(27)28)5-6-16(15)25/h4-9,16H,10-15H2,1-3H3;1-6,11,25H,7-10H2. The zero-order chi connectivity index (χ0) is 45.6. The molecule has 0 saturated carbocycles. The fraction of sp³-hybridized carbons (Fsp3) is 0.381. The van der Waals surface area contributed by atoms with E-state index < -0.39 is 39.2 Å². The molecule has 2 aliphatic rings. The summed E-state index contributed by atoms with van der Waals surface area (Å²) in [5.74, 6) is -0.958. The Kier molecular flexibility index (Phi) is 14.2. The number of carbonyl (C=O) groups excluding carboxylic acids is 2. The van der Waals surface area contributed by atoms with Crippen molar-refractivity contribution in [3.63, 3.8) is 0 Å². The lowest BCUT2D eigenvalue weighted by molar-refractivity contribution is -0.385. The third-order valence-corrected chi connectivity index (χ3v) is 10.2. The molecule has 0 radical (unpaired) electrons. The molecule has 4 aromatic carbocycles. The van der Waals surface area contributed by atoms with E-state index in [2.05, 4.69) is 20.8 Å². The number of rotatable bonds is 9. The third kappa shape index (κ3) is 12.0. The van der Waals surface area contributed by atoms with Crippen LogP contribution in [0.1, 0.15) is 59.0 Å². The Morgan fingerprint density at radius 3 is 1.39 bits per heavy atom. The molecule has 62 heavy (non-hydrogen) atoms. The zero-order valence-corrected chi connectivity index (χ0v) is 33.9. The number of phenolic OH excluding ortho intramolecular Hbond substituents is 1. The number of phenols is 1. The van der Waals surface area contributed by atoms with Crippen LogP contribution in [-0.2, 0) is 12.4 Å². The van der Waals surface area contributed by atoms with Gasteiger partial charge in [-0.3, -0.25) is 29.8 Å². The number of non-ortho nitro benzene ring substituents is 2. The van der Waals surface area contributed by atoms with Crippen molar-refractivity contribution < 1.29 is 55.6 Å². The molecule has 0 aromatic heterocycles. The van der Waals surface area contributed by atoms with Gasteiger partial charge in [0.1, 0.15) is 11.5 Å². The van der Waals surface area contributed by atoms with E-state index in [1.807, 2.05) is 9.80 Å². The molecule has 2 amide bonds. The lowest BCUT2D eigenvalue weighted by atomic mass is 9.93. The quantitative estimate of drug-likeness (QED) is 0.0978. The van der Waals surface area contributed by atoms with Gasteiger partial charge in [-0.25, -0.2) is 0 Å². The normalized spacial score (nSPS) is 14.8. The second kappa shape index (κ2) is 19.0. The van der Waals surface area contributed by atoms with Crippen LogP contribution in [0.2, 0.25) is 0 Å². The number of carbonyl (C=O) groups is 2. The van der Waals surface area contributed by atoms with E-state index in [-0.39, 0.29) is 52.7 Å². The number of anilines is 2. The van der Waals surface area contributed by atoms with Gasteiger partial charge in [0.15, 0.2) is 0 Å². The first-order valence-corrected chi connectivity index (χ1v) is 19.3. The Morgan fingerprint density at radius 2 is 1.00 bits per heavy atom. The Bertz CT molecular complexity index is 2230. The van der Waals surface area contributed by atoms with E-state index in [1.54, 1.807) is 4.90 Å². The third-order valence-electron chi connectivity index (χ3n) is 10.2. The molecule has 6 rings (SSSR count). The molecule has 20 heteroatoms. The molecule has 1 N–H and O–H groups in total. The van der Waals surface area contributed by atoms with Crippen molar-refractivity contribution >= 4 is 34.6 Å². The Hall–Kier alpha value is -6.60. The van der Waals surface area contributed by atoms with Crippen molar-refractivity contribution in [3.8, 4) is 11.5 Å². The first-order valence-electron chi connectivity index (χ1n) is 19.3. The number of benzene rings is 4. The van der Waals surface area contributed by atoms with E-state index in [4.69, 9.17) is 4.74 Å². The van der Waals surface area contributed by atoms with Gasteiger partial charge >= 0.3 is 12.4 Å². The van der Waals surface area contributed by atoms with Crippen molar-refractivity contribution in [2.75, 3.05) is 68.8 Å². The van der Waals surface area contributed by atoms with Gasteiger partial charge in [0.25, 0.3) is 23.2 Å². The average molecular weight is 875 g/mol. The van der Waals surface area contributed by atoms with Crippen LogP contribution < -0.4 is 14.5 Å². The molecule has 0 atom stereocenters. The molecule has 2 fully saturated rings.